The van der Waals surface area contributed by atoms with Gasteiger partial charge in [-0.2, -0.15) is 0 Å². The predicted molar refractivity (Wildman–Crippen MR) is 87.6 cm³/mol. The Labute approximate surface area is 132 Å². The molecule has 0 aliphatic carbocycles. The summed E-state index contributed by atoms with van der Waals surface area (Å²) in [5, 5.41) is 3.31. The standard InChI is InChI=1S/C16H15BrClNO/c1-10(2)11-4-3-5-13(8-11)19-16(20)14-9-12(17)6-7-15(14)18/h3-10H,1-2H3,(H,19,20). The number of benzene rings is 2. The molecule has 2 nitrogen and oxygen atoms in total. The predicted octanol–water partition coefficient (Wildman–Crippen LogP) is 5.48. The van der Waals surface area contributed by atoms with Gasteiger partial charge in [0.05, 0.1) is 10.6 Å². The lowest BCUT2D eigenvalue weighted by molar-refractivity contribution is 0.102. The number of carbonyl (C=O) groups is 1. The maximum absolute atomic E-state index is 12.3. The minimum atomic E-state index is -0.211. The quantitative estimate of drug-likeness (QED) is 0.779. The van der Waals surface area contributed by atoms with Crippen molar-refractivity contribution < 1.29 is 4.79 Å². The van der Waals surface area contributed by atoms with E-state index in [0.29, 0.717) is 16.5 Å². The van der Waals surface area contributed by atoms with Crippen molar-refractivity contribution >= 4 is 39.1 Å². The van der Waals surface area contributed by atoms with Gasteiger partial charge in [-0.25, -0.2) is 0 Å². The van der Waals surface area contributed by atoms with Crippen LogP contribution in [0.1, 0.15) is 35.7 Å². The van der Waals surface area contributed by atoms with Crippen LogP contribution in [0.15, 0.2) is 46.9 Å². The first kappa shape index (κ1) is 15.1. The molecule has 1 amide bonds. The van der Waals surface area contributed by atoms with Crippen LogP contribution in [0.25, 0.3) is 0 Å². The summed E-state index contributed by atoms with van der Waals surface area (Å²) in [6.45, 7) is 4.23. The maximum Gasteiger partial charge on any atom is 0.257 e. The first-order chi connectivity index (χ1) is 9.47. The summed E-state index contributed by atoms with van der Waals surface area (Å²) in [5.41, 5.74) is 2.41. The van der Waals surface area contributed by atoms with Crippen LogP contribution < -0.4 is 5.32 Å². The summed E-state index contributed by atoms with van der Waals surface area (Å²) in [6, 6.07) is 13.1. The van der Waals surface area contributed by atoms with Crippen molar-refractivity contribution in [2.45, 2.75) is 19.8 Å². The van der Waals surface area contributed by atoms with Crippen LogP contribution >= 0.6 is 27.5 Å². The highest BCUT2D eigenvalue weighted by atomic mass is 79.9. The number of carbonyl (C=O) groups excluding carboxylic acids is 1. The molecule has 4 heteroatoms. The summed E-state index contributed by atoms with van der Waals surface area (Å²) < 4.78 is 0.822. The Hall–Kier alpha value is -1.32. The van der Waals surface area contributed by atoms with Crippen LogP contribution in [-0.4, -0.2) is 5.91 Å². The number of rotatable bonds is 3. The first-order valence-corrected chi connectivity index (χ1v) is 7.51. The molecule has 0 radical (unpaired) electrons. The Morgan fingerprint density at radius 1 is 1.20 bits per heavy atom. The Morgan fingerprint density at radius 2 is 1.95 bits per heavy atom. The molecule has 0 aliphatic heterocycles. The smallest absolute Gasteiger partial charge is 0.257 e. The Kier molecular flexibility index (Phi) is 4.84. The summed E-state index contributed by atoms with van der Waals surface area (Å²) in [4.78, 5) is 12.3. The highest BCUT2D eigenvalue weighted by Crippen LogP contribution is 2.23. The van der Waals surface area contributed by atoms with E-state index in [0.717, 1.165) is 10.2 Å². The molecule has 0 atom stereocenters. The molecule has 0 saturated carbocycles. The lowest BCUT2D eigenvalue weighted by Crippen LogP contribution is -2.12. The molecule has 0 unspecified atom stereocenters. The largest absolute Gasteiger partial charge is 0.322 e. The molecule has 2 aromatic carbocycles. The summed E-state index contributed by atoms with van der Waals surface area (Å²) >= 11 is 9.40. The van der Waals surface area contributed by atoms with Crippen molar-refractivity contribution in [3.8, 4) is 0 Å². The monoisotopic (exact) mass is 351 g/mol. The molecule has 0 bridgehead atoms. The van der Waals surface area contributed by atoms with E-state index in [1.54, 1.807) is 18.2 Å². The van der Waals surface area contributed by atoms with E-state index < -0.39 is 0 Å². The van der Waals surface area contributed by atoms with Gasteiger partial charge < -0.3 is 5.32 Å². The average Bonchev–Trinajstić information content (AvgIpc) is 2.41. The van der Waals surface area contributed by atoms with Gasteiger partial charge in [0.2, 0.25) is 0 Å². The van der Waals surface area contributed by atoms with Gasteiger partial charge in [0.1, 0.15) is 0 Å². The zero-order valence-electron chi connectivity index (χ0n) is 11.3. The lowest BCUT2D eigenvalue weighted by atomic mass is 10.0. The third-order valence-electron chi connectivity index (χ3n) is 2.98. The Bertz CT molecular complexity index is 640. The van der Waals surface area contributed by atoms with E-state index in [1.165, 1.54) is 5.56 Å². The molecule has 2 aromatic rings. The van der Waals surface area contributed by atoms with Crippen molar-refractivity contribution in [3.05, 3.63) is 63.1 Å². The molecule has 1 N–H and O–H groups in total. The second-order valence-electron chi connectivity index (χ2n) is 4.86. The molecule has 0 aliphatic rings. The third-order valence-corrected chi connectivity index (χ3v) is 3.81. The zero-order valence-corrected chi connectivity index (χ0v) is 13.6. The van der Waals surface area contributed by atoms with E-state index in [-0.39, 0.29) is 5.91 Å². The minimum Gasteiger partial charge on any atom is -0.322 e. The van der Waals surface area contributed by atoms with Crippen LogP contribution in [0, 0.1) is 0 Å². The van der Waals surface area contributed by atoms with E-state index in [9.17, 15) is 4.79 Å². The Balaban J connectivity index is 2.23. The molecule has 104 valence electrons. The van der Waals surface area contributed by atoms with Crippen LogP contribution in [0.3, 0.4) is 0 Å². The van der Waals surface area contributed by atoms with E-state index in [4.69, 9.17) is 11.6 Å². The number of hydrogen-bond donors (Lipinski definition) is 1. The van der Waals surface area contributed by atoms with Crippen molar-refractivity contribution in [3.63, 3.8) is 0 Å². The molecule has 0 heterocycles. The molecule has 2 rings (SSSR count). The van der Waals surface area contributed by atoms with E-state index >= 15 is 0 Å². The average molecular weight is 353 g/mol. The van der Waals surface area contributed by atoms with Crippen molar-refractivity contribution in [2.75, 3.05) is 5.32 Å². The second-order valence-corrected chi connectivity index (χ2v) is 6.18. The van der Waals surface area contributed by atoms with Gasteiger partial charge >= 0.3 is 0 Å². The normalized spacial score (nSPS) is 10.7. The number of anilines is 1. The van der Waals surface area contributed by atoms with E-state index in [1.807, 2.05) is 24.3 Å². The van der Waals surface area contributed by atoms with Crippen molar-refractivity contribution in [1.82, 2.24) is 0 Å². The van der Waals surface area contributed by atoms with Gasteiger partial charge in [-0.05, 0) is 41.8 Å². The van der Waals surface area contributed by atoms with Crippen LogP contribution in [-0.2, 0) is 0 Å². The van der Waals surface area contributed by atoms with E-state index in [2.05, 4.69) is 35.1 Å². The summed E-state index contributed by atoms with van der Waals surface area (Å²) in [7, 11) is 0. The van der Waals surface area contributed by atoms with Crippen LogP contribution in [0.5, 0.6) is 0 Å². The lowest BCUT2D eigenvalue weighted by Gasteiger charge is -2.10. The van der Waals surface area contributed by atoms with Crippen molar-refractivity contribution in [1.29, 1.82) is 0 Å². The molecular weight excluding hydrogens is 338 g/mol. The van der Waals surface area contributed by atoms with Gasteiger partial charge in [0, 0.05) is 10.2 Å². The molecule has 20 heavy (non-hydrogen) atoms. The highest BCUT2D eigenvalue weighted by Gasteiger charge is 2.11. The molecule has 0 saturated heterocycles. The molecule has 0 fully saturated rings. The van der Waals surface area contributed by atoms with Gasteiger partial charge in [-0.15, -0.1) is 0 Å². The molecule has 0 aromatic heterocycles. The fourth-order valence-electron chi connectivity index (χ4n) is 1.85. The number of amides is 1. The van der Waals surface area contributed by atoms with Gasteiger partial charge in [0.25, 0.3) is 5.91 Å². The fourth-order valence-corrected chi connectivity index (χ4v) is 2.41. The SMILES string of the molecule is CC(C)c1cccc(NC(=O)c2cc(Br)ccc2Cl)c1. The first-order valence-electron chi connectivity index (χ1n) is 6.33. The summed E-state index contributed by atoms with van der Waals surface area (Å²) in [6.07, 6.45) is 0. The fraction of sp³-hybridized carbons (Fsp3) is 0.188. The van der Waals surface area contributed by atoms with Gasteiger partial charge in [0.15, 0.2) is 0 Å². The van der Waals surface area contributed by atoms with Gasteiger partial charge in [-0.1, -0.05) is 53.5 Å². The number of hydrogen-bond acceptors (Lipinski definition) is 1. The maximum atomic E-state index is 12.3. The molecular formula is C16H15BrClNO. The number of nitrogens with one attached hydrogen (secondary N) is 1. The Morgan fingerprint density at radius 3 is 2.65 bits per heavy atom. The topological polar surface area (TPSA) is 29.1 Å². The minimum absolute atomic E-state index is 0.211. The second kappa shape index (κ2) is 6.42. The third kappa shape index (κ3) is 3.62. The zero-order chi connectivity index (χ0) is 14.7. The highest BCUT2D eigenvalue weighted by molar-refractivity contribution is 9.10. The van der Waals surface area contributed by atoms with Crippen molar-refractivity contribution in [2.24, 2.45) is 0 Å². The molecule has 0 spiro atoms. The van der Waals surface area contributed by atoms with Gasteiger partial charge in [-0.3, -0.25) is 4.79 Å². The summed E-state index contributed by atoms with van der Waals surface area (Å²) in [5.74, 6) is 0.207. The van der Waals surface area contributed by atoms with Crippen LogP contribution in [0.4, 0.5) is 5.69 Å². The number of halogens is 2. The van der Waals surface area contributed by atoms with Crippen LogP contribution in [0.2, 0.25) is 5.02 Å².